The van der Waals surface area contributed by atoms with Crippen molar-refractivity contribution in [1.29, 1.82) is 0 Å². The maximum atomic E-state index is 14.3. The molecule has 0 radical (unpaired) electrons. The highest BCUT2D eigenvalue weighted by molar-refractivity contribution is 7.89. The third-order valence-electron chi connectivity index (χ3n) is 8.07. The van der Waals surface area contributed by atoms with E-state index < -0.39 is 44.6 Å². The van der Waals surface area contributed by atoms with Crippen molar-refractivity contribution in [1.82, 2.24) is 18.9 Å². The van der Waals surface area contributed by atoms with E-state index in [4.69, 9.17) is 0 Å². The number of nitrogens with zero attached hydrogens (tertiary/aromatic N) is 3. The maximum Gasteiger partial charge on any atom is 0.246 e. The van der Waals surface area contributed by atoms with Gasteiger partial charge in [-0.2, -0.15) is 8.61 Å². The second-order valence-corrected chi connectivity index (χ2v) is 15.9. The molecule has 0 aliphatic carbocycles. The Balaban J connectivity index is 1.52. The Morgan fingerprint density at radius 2 is 1.60 bits per heavy atom. The van der Waals surface area contributed by atoms with E-state index in [0.717, 1.165) is 15.4 Å². The number of sulfonamides is 2. The number of carbonyl (C=O) groups is 1. The summed E-state index contributed by atoms with van der Waals surface area (Å²) in [6, 6.07) is 21.9. The molecule has 0 bridgehead atoms. The van der Waals surface area contributed by atoms with Crippen LogP contribution < -0.4 is 5.32 Å². The van der Waals surface area contributed by atoms with E-state index in [0.29, 0.717) is 5.39 Å². The number of hydrogen-bond acceptors (Lipinski definition) is 7. The van der Waals surface area contributed by atoms with Gasteiger partial charge in [-0.25, -0.2) is 16.8 Å². The average Bonchev–Trinajstić information content (AvgIpc) is 3.04. The molecule has 5 rings (SSSR count). The number of fused-ring (bicyclic) bond motifs is 1. The first kappa shape index (κ1) is 32.7. The van der Waals surface area contributed by atoms with E-state index in [9.17, 15) is 26.7 Å². The van der Waals surface area contributed by atoms with Gasteiger partial charge in [-0.1, -0.05) is 81.4 Å². The predicted molar refractivity (Wildman–Crippen MR) is 172 cm³/mol. The minimum atomic E-state index is -4.31. The third-order valence-corrected chi connectivity index (χ3v) is 11.9. The normalized spacial score (nSPS) is 17.6. The standard InChI is InChI=1S/C33H38N4O6S2/c1-33(2,3)26-14-16-27(17-15-26)44(40,41)36-20-21-37(45(42,43)30-13-7-11-25-12-8-19-34-31(25)30)29(23-36)32(39)35-28(18-22-38)24-9-5-4-6-10-24/h4-17,19,28-29,38H,18,20-23H2,1-3H3,(H,35,39)/t28-,29+/m0/s1. The summed E-state index contributed by atoms with van der Waals surface area (Å²) in [5.41, 5.74) is 1.78. The van der Waals surface area contributed by atoms with Crippen LogP contribution in [-0.2, 0) is 30.3 Å². The Morgan fingerprint density at radius 3 is 2.27 bits per heavy atom. The van der Waals surface area contributed by atoms with Gasteiger partial charge >= 0.3 is 0 Å². The van der Waals surface area contributed by atoms with Crippen LogP contribution in [0.25, 0.3) is 10.9 Å². The molecule has 2 N–H and O–H groups in total. The van der Waals surface area contributed by atoms with E-state index in [1.807, 2.05) is 26.8 Å². The number of pyridine rings is 1. The summed E-state index contributed by atoms with van der Waals surface area (Å²) in [6.07, 6.45) is 1.69. The molecule has 1 aliphatic rings. The number of amides is 1. The summed E-state index contributed by atoms with van der Waals surface area (Å²) in [6.45, 7) is 5.08. The van der Waals surface area contributed by atoms with Crippen molar-refractivity contribution < 1.29 is 26.7 Å². The molecule has 0 spiro atoms. The lowest BCUT2D eigenvalue weighted by Crippen LogP contribution is -2.61. The second-order valence-electron chi connectivity index (χ2n) is 12.1. The highest BCUT2D eigenvalue weighted by atomic mass is 32.2. The van der Waals surface area contributed by atoms with Gasteiger partial charge in [0.15, 0.2) is 0 Å². The lowest BCUT2D eigenvalue weighted by molar-refractivity contribution is -0.126. The molecular weight excluding hydrogens is 613 g/mol. The zero-order chi connectivity index (χ0) is 32.4. The number of aromatic nitrogens is 1. The zero-order valence-electron chi connectivity index (χ0n) is 25.5. The Morgan fingerprint density at radius 1 is 0.911 bits per heavy atom. The van der Waals surface area contributed by atoms with Crippen LogP contribution in [-0.4, -0.2) is 73.7 Å². The van der Waals surface area contributed by atoms with Gasteiger partial charge in [-0.3, -0.25) is 9.78 Å². The van der Waals surface area contributed by atoms with Gasteiger partial charge in [0, 0.05) is 37.8 Å². The Labute approximate surface area is 264 Å². The lowest BCUT2D eigenvalue weighted by atomic mass is 9.87. The molecular formula is C33H38N4O6S2. The van der Waals surface area contributed by atoms with Crippen molar-refractivity contribution in [2.75, 3.05) is 26.2 Å². The Hall–Kier alpha value is -3.68. The van der Waals surface area contributed by atoms with Gasteiger partial charge in [-0.05, 0) is 47.2 Å². The van der Waals surface area contributed by atoms with Crippen LogP contribution >= 0.6 is 0 Å². The molecule has 0 unspecified atom stereocenters. The SMILES string of the molecule is CC(C)(C)c1ccc(S(=O)(=O)N2CCN(S(=O)(=O)c3cccc4cccnc34)[C@@H](C(=O)N[C@@H](CCO)c3ccccc3)C2)cc1. The molecule has 12 heteroatoms. The number of carbonyl (C=O) groups excluding carboxylic acids is 1. The molecule has 1 aromatic heterocycles. The van der Waals surface area contributed by atoms with Gasteiger partial charge < -0.3 is 10.4 Å². The quantitative estimate of drug-likeness (QED) is 0.281. The number of nitrogens with one attached hydrogen (secondary N) is 1. The number of aliphatic hydroxyl groups is 1. The van der Waals surface area contributed by atoms with Crippen LogP contribution in [0.15, 0.2) is 101 Å². The van der Waals surface area contributed by atoms with Crippen molar-refractivity contribution in [3.63, 3.8) is 0 Å². The first-order valence-electron chi connectivity index (χ1n) is 14.8. The van der Waals surface area contributed by atoms with Gasteiger partial charge in [0.25, 0.3) is 0 Å². The highest BCUT2D eigenvalue weighted by Crippen LogP contribution is 2.30. The molecule has 1 saturated heterocycles. The van der Waals surface area contributed by atoms with Crippen LogP contribution in [0.1, 0.15) is 44.4 Å². The predicted octanol–water partition coefficient (Wildman–Crippen LogP) is 3.84. The van der Waals surface area contributed by atoms with Crippen LogP contribution in [0.4, 0.5) is 0 Å². The smallest absolute Gasteiger partial charge is 0.246 e. The molecule has 4 aromatic rings. The molecule has 2 atom stereocenters. The van der Waals surface area contributed by atoms with Gasteiger partial charge in [0.1, 0.15) is 10.9 Å². The summed E-state index contributed by atoms with van der Waals surface area (Å²) in [7, 11) is -8.38. The number of benzene rings is 3. The largest absolute Gasteiger partial charge is 0.396 e. The fraction of sp³-hybridized carbons (Fsp3) is 0.333. The van der Waals surface area contributed by atoms with Crippen molar-refractivity contribution >= 4 is 36.9 Å². The second kappa shape index (κ2) is 13.0. The molecule has 1 amide bonds. The molecule has 238 valence electrons. The monoisotopic (exact) mass is 650 g/mol. The minimum Gasteiger partial charge on any atom is -0.396 e. The average molecular weight is 651 g/mol. The van der Waals surface area contributed by atoms with Crippen molar-refractivity contribution in [2.45, 2.75) is 54.5 Å². The molecule has 0 saturated carbocycles. The summed E-state index contributed by atoms with van der Waals surface area (Å²) in [5.74, 6) is -0.669. The van der Waals surface area contributed by atoms with Crippen LogP contribution in [0.3, 0.4) is 0 Å². The molecule has 45 heavy (non-hydrogen) atoms. The summed E-state index contributed by atoms with van der Waals surface area (Å²) < 4.78 is 58.4. The summed E-state index contributed by atoms with van der Waals surface area (Å²) >= 11 is 0. The first-order valence-corrected chi connectivity index (χ1v) is 17.6. The van der Waals surface area contributed by atoms with Crippen LogP contribution in [0, 0.1) is 0 Å². The van der Waals surface area contributed by atoms with Gasteiger partial charge in [-0.15, -0.1) is 0 Å². The van der Waals surface area contributed by atoms with Gasteiger partial charge in [0.2, 0.25) is 26.0 Å². The number of hydrogen-bond donors (Lipinski definition) is 2. The highest BCUT2D eigenvalue weighted by Gasteiger charge is 2.44. The molecule has 10 nitrogen and oxygen atoms in total. The number of para-hydroxylation sites is 1. The first-order chi connectivity index (χ1) is 21.3. The van der Waals surface area contributed by atoms with Crippen LogP contribution in [0.5, 0.6) is 0 Å². The van der Waals surface area contributed by atoms with E-state index in [1.165, 1.54) is 16.6 Å². The summed E-state index contributed by atoms with van der Waals surface area (Å²) in [5, 5.41) is 13.2. The zero-order valence-corrected chi connectivity index (χ0v) is 27.1. The molecule has 1 aliphatic heterocycles. The maximum absolute atomic E-state index is 14.3. The Kier molecular flexibility index (Phi) is 9.43. The van der Waals surface area contributed by atoms with Gasteiger partial charge in [0.05, 0.1) is 16.5 Å². The fourth-order valence-corrected chi connectivity index (χ4v) is 8.73. The fourth-order valence-electron chi connectivity index (χ4n) is 5.55. The molecule has 3 aromatic carbocycles. The number of aliphatic hydroxyl groups excluding tert-OH is 1. The number of piperazine rings is 1. The van der Waals surface area contributed by atoms with E-state index in [-0.39, 0.29) is 46.8 Å². The van der Waals surface area contributed by atoms with Crippen molar-refractivity contribution in [3.05, 3.63) is 102 Å². The molecule has 1 fully saturated rings. The third kappa shape index (κ3) is 6.80. The topological polar surface area (TPSA) is 137 Å². The van der Waals surface area contributed by atoms with Crippen molar-refractivity contribution in [3.8, 4) is 0 Å². The van der Waals surface area contributed by atoms with E-state index in [2.05, 4.69) is 10.3 Å². The van der Waals surface area contributed by atoms with Crippen molar-refractivity contribution in [2.24, 2.45) is 0 Å². The Bertz CT molecular complexity index is 1870. The van der Waals surface area contributed by atoms with Crippen LogP contribution in [0.2, 0.25) is 0 Å². The molecule has 2 heterocycles. The van der Waals surface area contributed by atoms with E-state index in [1.54, 1.807) is 72.8 Å². The van der Waals surface area contributed by atoms with E-state index >= 15 is 0 Å². The minimum absolute atomic E-state index is 0.0617. The summed E-state index contributed by atoms with van der Waals surface area (Å²) in [4.78, 5) is 18.3. The lowest BCUT2D eigenvalue weighted by Gasteiger charge is -2.39. The number of rotatable bonds is 9.